The van der Waals surface area contributed by atoms with Gasteiger partial charge in [-0.05, 0) is 43.0 Å². The first-order valence-corrected chi connectivity index (χ1v) is 10.3. The largest absolute Gasteiger partial charge is 0.368 e. The molecule has 3 heterocycles. The van der Waals surface area contributed by atoms with Gasteiger partial charge in [0.1, 0.15) is 6.10 Å². The number of nitrogens with one attached hydrogen (secondary N) is 1. The molecule has 0 spiro atoms. The highest BCUT2D eigenvalue weighted by Gasteiger charge is 2.40. The Balaban J connectivity index is 1.66. The molecule has 0 bridgehead atoms. The van der Waals surface area contributed by atoms with E-state index in [1.165, 1.54) is 10.9 Å². The Morgan fingerprint density at radius 3 is 2.75 bits per heavy atom. The van der Waals surface area contributed by atoms with Crippen molar-refractivity contribution in [3.8, 4) is 0 Å². The zero-order valence-corrected chi connectivity index (χ0v) is 16.6. The molecule has 0 aliphatic carbocycles. The number of H-pyrrole nitrogens is 1. The SMILES string of the molecule is C[C@@H]1c2[nH]c3ccccc3c2[C@H](c2ccccc2Cl)CN1C(=O)[C@H]1CCCO1. The summed E-state index contributed by atoms with van der Waals surface area (Å²) < 4.78 is 5.70. The fourth-order valence-electron chi connectivity index (χ4n) is 4.74. The second kappa shape index (κ2) is 6.94. The molecule has 28 heavy (non-hydrogen) atoms. The smallest absolute Gasteiger partial charge is 0.252 e. The average Bonchev–Trinajstić information content (AvgIpc) is 3.37. The number of hydrogen-bond donors (Lipinski definition) is 1. The van der Waals surface area contributed by atoms with Crippen LogP contribution in [0.1, 0.15) is 48.5 Å². The summed E-state index contributed by atoms with van der Waals surface area (Å²) in [7, 11) is 0. The molecule has 0 saturated carbocycles. The predicted molar refractivity (Wildman–Crippen MR) is 111 cm³/mol. The van der Waals surface area contributed by atoms with E-state index in [2.05, 4.69) is 36.2 Å². The summed E-state index contributed by atoms with van der Waals surface area (Å²) in [5.41, 5.74) is 4.52. The summed E-state index contributed by atoms with van der Waals surface area (Å²) in [6.07, 6.45) is 1.43. The van der Waals surface area contributed by atoms with E-state index in [0.717, 1.165) is 34.6 Å². The Labute approximate surface area is 169 Å². The van der Waals surface area contributed by atoms with Crippen LogP contribution in [0.3, 0.4) is 0 Å². The van der Waals surface area contributed by atoms with Gasteiger partial charge in [-0.1, -0.05) is 48.0 Å². The van der Waals surface area contributed by atoms with Crippen molar-refractivity contribution in [2.45, 2.75) is 37.8 Å². The summed E-state index contributed by atoms with van der Waals surface area (Å²) >= 11 is 6.59. The second-order valence-corrected chi connectivity index (χ2v) is 8.15. The van der Waals surface area contributed by atoms with Crippen molar-refractivity contribution < 1.29 is 9.53 Å². The van der Waals surface area contributed by atoms with Gasteiger partial charge in [-0.3, -0.25) is 4.79 Å². The highest BCUT2D eigenvalue weighted by molar-refractivity contribution is 6.31. The Morgan fingerprint density at radius 2 is 1.96 bits per heavy atom. The van der Waals surface area contributed by atoms with Gasteiger partial charge in [0, 0.05) is 40.7 Å². The summed E-state index contributed by atoms with van der Waals surface area (Å²) in [4.78, 5) is 18.8. The van der Waals surface area contributed by atoms with Gasteiger partial charge in [0.15, 0.2) is 0 Å². The highest BCUT2D eigenvalue weighted by atomic mass is 35.5. The van der Waals surface area contributed by atoms with E-state index in [4.69, 9.17) is 16.3 Å². The van der Waals surface area contributed by atoms with Crippen molar-refractivity contribution in [3.05, 3.63) is 70.4 Å². The number of hydrogen-bond acceptors (Lipinski definition) is 2. The van der Waals surface area contributed by atoms with Gasteiger partial charge in [0.25, 0.3) is 5.91 Å². The fourth-order valence-corrected chi connectivity index (χ4v) is 5.01. The molecule has 1 N–H and O–H groups in total. The van der Waals surface area contributed by atoms with E-state index in [9.17, 15) is 4.79 Å². The molecule has 5 heteroatoms. The lowest BCUT2D eigenvalue weighted by atomic mass is 9.83. The van der Waals surface area contributed by atoms with Crippen LogP contribution >= 0.6 is 11.6 Å². The zero-order chi connectivity index (χ0) is 19.3. The molecule has 2 aromatic carbocycles. The van der Waals surface area contributed by atoms with Gasteiger partial charge in [-0.2, -0.15) is 0 Å². The maximum absolute atomic E-state index is 13.3. The number of carbonyl (C=O) groups excluding carboxylic acids is 1. The molecular formula is C23H23ClN2O2. The number of benzene rings is 2. The van der Waals surface area contributed by atoms with Crippen molar-refractivity contribution in [2.24, 2.45) is 0 Å². The maximum atomic E-state index is 13.3. The third-order valence-electron chi connectivity index (χ3n) is 6.16. The standard InChI is InChI=1S/C23H23ClN2O2/c1-14-22-21(16-8-3-5-10-19(16)25-22)17(15-7-2-4-9-18(15)24)13-26(14)23(27)20-11-6-12-28-20/h2-5,7-10,14,17,20,25H,6,11-13H2,1H3/t14-,17+,20-/m1/s1. The Bertz CT molecular complexity index is 1040. The number of rotatable bonds is 2. The molecule has 1 saturated heterocycles. The Hall–Kier alpha value is -2.30. The fraction of sp³-hybridized carbons (Fsp3) is 0.348. The number of para-hydroxylation sites is 1. The van der Waals surface area contributed by atoms with Gasteiger partial charge in [0.05, 0.1) is 6.04 Å². The average molecular weight is 395 g/mol. The molecule has 2 aliphatic rings. The molecule has 3 aromatic rings. The first-order chi connectivity index (χ1) is 13.6. The quantitative estimate of drug-likeness (QED) is 0.662. The van der Waals surface area contributed by atoms with Gasteiger partial charge < -0.3 is 14.6 Å². The summed E-state index contributed by atoms with van der Waals surface area (Å²) in [6.45, 7) is 3.38. The monoisotopic (exact) mass is 394 g/mol. The highest BCUT2D eigenvalue weighted by Crippen LogP contribution is 2.45. The van der Waals surface area contributed by atoms with E-state index in [1.807, 2.05) is 29.2 Å². The molecular weight excluding hydrogens is 372 g/mol. The molecule has 0 unspecified atom stereocenters. The minimum Gasteiger partial charge on any atom is -0.368 e. The number of ether oxygens (including phenoxy) is 1. The first kappa shape index (κ1) is 17.8. The van der Waals surface area contributed by atoms with E-state index in [0.29, 0.717) is 13.2 Å². The van der Waals surface area contributed by atoms with E-state index in [1.54, 1.807) is 0 Å². The van der Waals surface area contributed by atoms with Crippen LogP contribution in [0.15, 0.2) is 48.5 Å². The third-order valence-corrected chi connectivity index (χ3v) is 6.50. The van der Waals surface area contributed by atoms with Crippen molar-refractivity contribution in [1.29, 1.82) is 0 Å². The summed E-state index contributed by atoms with van der Waals surface area (Å²) in [5.74, 6) is 0.118. The molecule has 1 fully saturated rings. The molecule has 0 radical (unpaired) electrons. The minimum atomic E-state index is -0.319. The van der Waals surface area contributed by atoms with Gasteiger partial charge in [0.2, 0.25) is 0 Å². The van der Waals surface area contributed by atoms with Crippen molar-refractivity contribution in [2.75, 3.05) is 13.2 Å². The van der Waals surface area contributed by atoms with Gasteiger partial charge >= 0.3 is 0 Å². The number of aromatic nitrogens is 1. The second-order valence-electron chi connectivity index (χ2n) is 7.74. The number of nitrogens with zero attached hydrogens (tertiary/aromatic N) is 1. The van der Waals surface area contributed by atoms with Crippen LogP contribution in [0.2, 0.25) is 5.02 Å². The summed E-state index contributed by atoms with van der Waals surface area (Å²) in [6, 6.07) is 16.3. The van der Waals surface area contributed by atoms with Crippen LogP contribution in [-0.2, 0) is 9.53 Å². The lowest BCUT2D eigenvalue weighted by Gasteiger charge is -2.39. The summed E-state index contributed by atoms with van der Waals surface area (Å²) in [5, 5.41) is 1.95. The first-order valence-electron chi connectivity index (χ1n) is 9.92. The van der Waals surface area contributed by atoms with Gasteiger partial charge in [-0.15, -0.1) is 0 Å². The Kier molecular flexibility index (Phi) is 4.41. The third kappa shape index (κ3) is 2.75. The molecule has 1 amide bonds. The Morgan fingerprint density at radius 1 is 1.18 bits per heavy atom. The lowest BCUT2D eigenvalue weighted by Crippen LogP contribution is -2.45. The predicted octanol–water partition coefficient (Wildman–Crippen LogP) is 5.04. The molecule has 1 aromatic heterocycles. The van der Waals surface area contributed by atoms with Gasteiger partial charge in [-0.25, -0.2) is 0 Å². The van der Waals surface area contributed by atoms with Crippen LogP contribution in [0, 0.1) is 0 Å². The minimum absolute atomic E-state index is 0.0291. The van der Waals surface area contributed by atoms with Crippen LogP contribution in [0.4, 0.5) is 0 Å². The number of carbonyl (C=O) groups is 1. The molecule has 2 aliphatic heterocycles. The van der Waals surface area contributed by atoms with Crippen LogP contribution in [0.5, 0.6) is 0 Å². The van der Waals surface area contributed by atoms with Crippen LogP contribution in [0.25, 0.3) is 10.9 Å². The molecule has 3 atom stereocenters. The topological polar surface area (TPSA) is 45.3 Å². The normalized spacial score (nSPS) is 24.5. The lowest BCUT2D eigenvalue weighted by molar-refractivity contribution is -0.144. The number of halogens is 1. The maximum Gasteiger partial charge on any atom is 0.252 e. The van der Waals surface area contributed by atoms with Crippen LogP contribution < -0.4 is 0 Å². The number of amides is 1. The van der Waals surface area contributed by atoms with E-state index < -0.39 is 0 Å². The van der Waals surface area contributed by atoms with Crippen molar-refractivity contribution in [1.82, 2.24) is 9.88 Å². The molecule has 144 valence electrons. The number of aromatic amines is 1. The molecule has 5 rings (SSSR count). The van der Waals surface area contributed by atoms with E-state index in [-0.39, 0.29) is 24.0 Å². The number of fused-ring (bicyclic) bond motifs is 3. The zero-order valence-electron chi connectivity index (χ0n) is 15.8. The molecule has 4 nitrogen and oxygen atoms in total. The van der Waals surface area contributed by atoms with Crippen LogP contribution in [-0.4, -0.2) is 35.0 Å². The van der Waals surface area contributed by atoms with E-state index >= 15 is 0 Å². The van der Waals surface area contributed by atoms with Crippen molar-refractivity contribution >= 4 is 28.4 Å². The van der Waals surface area contributed by atoms with Crippen molar-refractivity contribution in [3.63, 3.8) is 0 Å².